The summed E-state index contributed by atoms with van der Waals surface area (Å²) in [5.74, 6) is -0.485. The standard InChI is InChI=1S/C13H14BrClN2O3/c1-20-13(19)8-3-9(14)10(15)4-11(8)17-6-7(5-16)2-12(17)18/h3-4,7H,2,5-6,16H2,1H3. The van der Waals surface area contributed by atoms with E-state index in [2.05, 4.69) is 15.9 Å². The second-order valence-corrected chi connectivity index (χ2v) is 5.85. The maximum Gasteiger partial charge on any atom is 0.340 e. The first-order valence-electron chi connectivity index (χ1n) is 6.05. The van der Waals surface area contributed by atoms with Crippen LogP contribution in [0.15, 0.2) is 16.6 Å². The number of halogens is 2. The van der Waals surface area contributed by atoms with E-state index >= 15 is 0 Å². The van der Waals surface area contributed by atoms with Crippen LogP contribution in [0.2, 0.25) is 5.02 Å². The van der Waals surface area contributed by atoms with Gasteiger partial charge in [-0.25, -0.2) is 4.79 Å². The van der Waals surface area contributed by atoms with Crippen LogP contribution >= 0.6 is 27.5 Å². The highest BCUT2D eigenvalue weighted by Crippen LogP contribution is 2.34. The van der Waals surface area contributed by atoms with Gasteiger partial charge < -0.3 is 15.4 Å². The first kappa shape index (κ1) is 15.3. The molecule has 0 saturated carbocycles. The third kappa shape index (κ3) is 2.82. The molecule has 7 heteroatoms. The van der Waals surface area contributed by atoms with Gasteiger partial charge in [0, 0.05) is 17.4 Å². The van der Waals surface area contributed by atoms with E-state index < -0.39 is 5.97 Å². The average Bonchev–Trinajstić information content (AvgIpc) is 2.81. The Hall–Kier alpha value is -1.11. The lowest BCUT2D eigenvalue weighted by Crippen LogP contribution is -2.27. The second kappa shape index (κ2) is 6.11. The molecule has 0 bridgehead atoms. The van der Waals surface area contributed by atoms with Crippen molar-refractivity contribution in [3.8, 4) is 0 Å². The van der Waals surface area contributed by atoms with E-state index in [1.165, 1.54) is 7.11 Å². The van der Waals surface area contributed by atoms with Gasteiger partial charge in [0.25, 0.3) is 0 Å². The quantitative estimate of drug-likeness (QED) is 0.838. The van der Waals surface area contributed by atoms with Gasteiger partial charge in [-0.1, -0.05) is 11.6 Å². The molecule has 1 aliphatic rings. The van der Waals surface area contributed by atoms with Crippen molar-refractivity contribution in [3.63, 3.8) is 0 Å². The first-order chi connectivity index (χ1) is 9.47. The molecule has 20 heavy (non-hydrogen) atoms. The number of hydrogen-bond donors (Lipinski definition) is 1. The number of methoxy groups -OCH3 is 1. The van der Waals surface area contributed by atoms with Gasteiger partial charge in [0.15, 0.2) is 0 Å². The number of nitrogens with zero attached hydrogens (tertiary/aromatic N) is 1. The Morgan fingerprint density at radius 3 is 2.85 bits per heavy atom. The first-order valence-corrected chi connectivity index (χ1v) is 7.22. The highest BCUT2D eigenvalue weighted by atomic mass is 79.9. The average molecular weight is 362 g/mol. The molecule has 2 N–H and O–H groups in total. The van der Waals surface area contributed by atoms with Crippen LogP contribution in [0, 0.1) is 5.92 Å². The summed E-state index contributed by atoms with van der Waals surface area (Å²) in [5, 5.41) is 0.427. The summed E-state index contributed by atoms with van der Waals surface area (Å²) in [6.45, 7) is 0.914. The Morgan fingerprint density at radius 1 is 1.60 bits per heavy atom. The number of amides is 1. The van der Waals surface area contributed by atoms with Crippen LogP contribution in [0.25, 0.3) is 0 Å². The lowest BCUT2D eigenvalue weighted by Gasteiger charge is -2.20. The number of benzene rings is 1. The molecule has 0 aliphatic carbocycles. The Labute approximate surface area is 130 Å². The number of rotatable bonds is 3. The van der Waals surface area contributed by atoms with Gasteiger partial charge in [0.05, 0.1) is 23.4 Å². The SMILES string of the molecule is COC(=O)c1cc(Br)c(Cl)cc1N1CC(CN)CC1=O. The van der Waals surface area contributed by atoms with E-state index in [0.717, 1.165) is 0 Å². The largest absolute Gasteiger partial charge is 0.465 e. The molecule has 1 heterocycles. The van der Waals surface area contributed by atoms with Crippen molar-refractivity contribution in [2.45, 2.75) is 6.42 Å². The molecule has 1 atom stereocenters. The van der Waals surface area contributed by atoms with E-state index in [0.29, 0.717) is 40.3 Å². The van der Waals surface area contributed by atoms with Gasteiger partial charge in [0.1, 0.15) is 0 Å². The van der Waals surface area contributed by atoms with E-state index in [4.69, 9.17) is 22.1 Å². The highest BCUT2D eigenvalue weighted by Gasteiger charge is 2.32. The van der Waals surface area contributed by atoms with Crippen LogP contribution in [-0.2, 0) is 9.53 Å². The fourth-order valence-corrected chi connectivity index (χ4v) is 2.71. The number of carbonyl (C=O) groups is 2. The van der Waals surface area contributed by atoms with Crippen molar-refractivity contribution in [2.75, 3.05) is 25.1 Å². The molecular weight excluding hydrogens is 348 g/mol. The van der Waals surface area contributed by atoms with Crippen molar-refractivity contribution >= 4 is 45.1 Å². The van der Waals surface area contributed by atoms with Crippen LogP contribution in [0.3, 0.4) is 0 Å². The molecule has 1 aromatic carbocycles. The van der Waals surface area contributed by atoms with Crippen molar-refractivity contribution in [3.05, 3.63) is 27.2 Å². The summed E-state index contributed by atoms with van der Waals surface area (Å²) in [6.07, 6.45) is 0.380. The van der Waals surface area contributed by atoms with Crippen LogP contribution in [0.4, 0.5) is 5.69 Å². The van der Waals surface area contributed by atoms with Crippen LogP contribution in [-0.4, -0.2) is 32.1 Å². The fourth-order valence-electron chi connectivity index (χ4n) is 2.21. The van der Waals surface area contributed by atoms with Gasteiger partial charge in [-0.2, -0.15) is 0 Å². The van der Waals surface area contributed by atoms with Gasteiger partial charge in [-0.15, -0.1) is 0 Å². The summed E-state index contributed by atoms with van der Waals surface area (Å²) < 4.78 is 5.33. The van der Waals surface area contributed by atoms with E-state index in [1.54, 1.807) is 17.0 Å². The minimum Gasteiger partial charge on any atom is -0.465 e. The number of carbonyl (C=O) groups excluding carboxylic acids is 2. The van der Waals surface area contributed by atoms with Crippen molar-refractivity contribution in [1.29, 1.82) is 0 Å². The Kier molecular flexibility index (Phi) is 4.67. The Morgan fingerprint density at radius 2 is 2.30 bits per heavy atom. The molecule has 108 valence electrons. The molecule has 1 aliphatic heterocycles. The molecule has 1 fully saturated rings. The molecule has 0 aromatic heterocycles. The molecule has 1 amide bonds. The third-order valence-electron chi connectivity index (χ3n) is 3.27. The van der Waals surface area contributed by atoms with Crippen molar-refractivity contribution in [1.82, 2.24) is 0 Å². The number of hydrogen-bond acceptors (Lipinski definition) is 4. The van der Waals surface area contributed by atoms with Gasteiger partial charge in [-0.05, 0) is 40.5 Å². The molecule has 1 unspecified atom stereocenters. The van der Waals surface area contributed by atoms with Gasteiger partial charge >= 0.3 is 5.97 Å². The number of esters is 1. The second-order valence-electron chi connectivity index (χ2n) is 4.59. The minimum absolute atomic E-state index is 0.0657. The van der Waals surface area contributed by atoms with E-state index in [1.807, 2.05) is 0 Å². The monoisotopic (exact) mass is 360 g/mol. The summed E-state index contributed by atoms with van der Waals surface area (Å²) in [5.41, 5.74) is 6.37. The molecule has 5 nitrogen and oxygen atoms in total. The van der Waals surface area contributed by atoms with Crippen molar-refractivity contribution < 1.29 is 14.3 Å². The van der Waals surface area contributed by atoms with Gasteiger partial charge in [-0.3, -0.25) is 4.79 Å². The van der Waals surface area contributed by atoms with Crippen molar-refractivity contribution in [2.24, 2.45) is 11.7 Å². The number of anilines is 1. The maximum atomic E-state index is 12.1. The third-order valence-corrected chi connectivity index (χ3v) is 4.47. The molecular formula is C13H14BrClN2O3. The summed E-state index contributed by atoms with van der Waals surface area (Å²) in [6, 6.07) is 3.15. The summed E-state index contributed by atoms with van der Waals surface area (Å²) >= 11 is 9.33. The maximum absolute atomic E-state index is 12.1. The van der Waals surface area contributed by atoms with Gasteiger partial charge in [0.2, 0.25) is 5.91 Å². The normalized spacial score (nSPS) is 18.5. The summed E-state index contributed by atoms with van der Waals surface area (Å²) in [7, 11) is 1.29. The van der Waals surface area contributed by atoms with Crippen LogP contribution < -0.4 is 10.6 Å². The van der Waals surface area contributed by atoms with E-state index in [-0.39, 0.29) is 11.8 Å². The molecule has 2 rings (SSSR count). The van der Waals surface area contributed by atoms with E-state index in [9.17, 15) is 9.59 Å². The molecule has 0 radical (unpaired) electrons. The fraction of sp³-hybridized carbons (Fsp3) is 0.385. The zero-order chi connectivity index (χ0) is 14.9. The zero-order valence-electron chi connectivity index (χ0n) is 10.9. The summed E-state index contributed by atoms with van der Waals surface area (Å²) in [4.78, 5) is 25.5. The molecule has 0 spiro atoms. The zero-order valence-corrected chi connectivity index (χ0v) is 13.2. The molecule has 1 aromatic rings. The van der Waals surface area contributed by atoms with Crippen LogP contribution in [0.5, 0.6) is 0 Å². The van der Waals surface area contributed by atoms with Crippen LogP contribution in [0.1, 0.15) is 16.8 Å². The molecule has 1 saturated heterocycles. The Bertz CT molecular complexity index is 565. The smallest absolute Gasteiger partial charge is 0.340 e. The minimum atomic E-state index is -0.513. The number of ether oxygens (including phenoxy) is 1. The number of nitrogens with two attached hydrogens (primary N) is 1. The highest BCUT2D eigenvalue weighted by molar-refractivity contribution is 9.10. The lowest BCUT2D eigenvalue weighted by atomic mass is 10.1. The lowest BCUT2D eigenvalue weighted by molar-refractivity contribution is -0.117. The predicted molar refractivity (Wildman–Crippen MR) is 80.0 cm³/mol. The topological polar surface area (TPSA) is 72.6 Å². The predicted octanol–water partition coefficient (Wildman–Crippen LogP) is 2.20. The Balaban J connectivity index is 2.47.